The van der Waals surface area contributed by atoms with E-state index < -0.39 is 0 Å². The Morgan fingerprint density at radius 2 is 2.10 bits per heavy atom. The Labute approximate surface area is 182 Å². The van der Waals surface area contributed by atoms with E-state index in [4.69, 9.17) is 4.74 Å². The number of para-hydroxylation sites is 1. The number of nitrogens with zero attached hydrogens (tertiary/aromatic N) is 3. The lowest BCUT2D eigenvalue weighted by Gasteiger charge is -2.36. The van der Waals surface area contributed by atoms with E-state index in [-0.39, 0.29) is 0 Å². The minimum Gasteiger partial charge on any atom is -0.493 e. The highest BCUT2D eigenvalue weighted by Gasteiger charge is 2.33. The van der Waals surface area contributed by atoms with Crippen LogP contribution in [0, 0.1) is 11.3 Å². The molecule has 5 nitrogen and oxygen atoms in total. The van der Waals surface area contributed by atoms with E-state index in [2.05, 4.69) is 41.3 Å². The molecular formula is C24H30N4OS. The highest BCUT2D eigenvalue weighted by atomic mass is 32.1. The normalized spacial score (nSPS) is 16.7. The molecule has 1 aliphatic carbocycles. The lowest BCUT2D eigenvalue weighted by molar-refractivity contribution is 0.184. The Morgan fingerprint density at radius 3 is 2.90 bits per heavy atom. The van der Waals surface area contributed by atoms with E-state index in [1.165, 1.54) is 23.3 Å². The van der Waals surface area contributed by atoms with Gasteiger partial charge in [-0.05, 0) is 55.2 Å². The Bertz CT molecular complexity index is 1060. The van der Waals surface area contributed by atoms with Crippen molar-refractivity contribution in [1.82, 2.24) is 9.97 Å². The quantitative estimate of drug-likeness (QED) is 0.370. The summed E-state index contributed by atoms with van der Waals surface area (Å²) in [6.07, 6.45) is 8.10. The number of fused-ring (bicyclic) bond motifs is 3. The van der Waals surface area contributed by atoms with Crippen LogP contribution in [-0.2, 0) is 12.8 Å². The summed E-state index contributed by atoms with van der Waals surface area (Å²) >= 11 is 1.81. The number of nitrogens with one attached hydrogen (secondary N) is 1. The van der Waals surface area contributed by atoms with Crippen molar-refractivity contribution in [3.05, 3.63) is 46.6 Å². The highest BCUT2D eigenvalue weighted by Crippen LogP contribution is 2.45. The zero-order valence-corrected chi connectivity index (χ0v) is 19.1. The first-order chi connectivity index (χ1) is 14.5. The van der Waals surface area contributed by atoms with Gasteiger partial charge in [0.2, 0.25) is 0 Å². The number of hydrazone groups is 1. The second kappa shape index (κ2) is 8.72. The van der Waals surface area contributed by atoms with Gasteiger partial charge in [-0.25, -0.2) is 9.97 Å². The predicted molar refractivity (Wildman–Crippen MR) is 126 cm³/mol. The Morgan fingerprint density at radius 1 is 1.27 bits per heavy atom. The van der Waals surface area contributed by atoms with Crippen molar-refractivity contribution < 1.29 is 4.74 Å². The van der Waals surface area contributed by atoms with Gasteiger partial charge in [0.15, 0.2) is 5.82 Å². The first-order valence-electron chi connectivity index (χ1n) is 10.8. The molecule has 0 saturated heterocycles. The van der Waals surface area contributed by atoms with E-state index in [1.807, 2.05) is 42.5 Å². The standard InChI is InChI=1S/C24H30N4OS/c1-5-24(3,4)17-11-12-20-18(13-17)21-22(25-15-26-23(21)30-20)28-27-14-16-9-7-8-10-19(16)29-6-2/h7-10,14-15,17H,5-6,11-13H2,1-4H3,(H,25,26,28). The maximum Gasteiger partial charge on any atom is 0.158 e. The molecule has 2 aromatic heterocycles. The summed E-state index contributed by atoms with van der Waals surface area (Å²) in [7, 11) is 0. The van der Waals surface area contributed by atoms with Crippen LogP contribution >= 0.6 is 11.3 Å². The van der Waals surface area contributed by atoms with Crippen LogP contribution in [-0.4, -0.2) is 22.8 Å². The minimum atomic E-state index is 0.344. The molecule has 1 unspecified atom stereocenters. The smallest absolute Gasteiger partial charge is 0.158 e. The maximum absolute atomic E-state index is 5.68. The third kappa shape index (κ3) is 4.06. The van der Waals surface area contributed by atoms with E-state index in [1.54, 1.807) is 12.5 Å². The van der Waals surface area contributed by atoms with Crippen molar-refractivity contribution in [2.45, 2.75) is 53.4 Å². The van der Waals surface area contributed by atoms with Crippen LogP contribution in [0.15, 0.2) is 35.7 Å². The topological polar surface area (TPSA) is 59.4 Å². The summed E-state index contributed by atoms with van der Waals surface area (Å²) < 4.78 is 5.68. The van der Waals surface area contributed by atoms with Gasteiger partial charge in [0, 0.05) is 10.4 Å². The lowest BCUT2D eigenvalue weighted by Crippen LogP contribution is -2.28. The molecule has 1 atom stereocenters. The molecule has 1 aromatic carbocycles. The molecule has 4 rings (SSSR count). The van der Waals surface area contributed by atoms with E-state index in [9.17, 15) is 0 Å². The number of hydrogen-bond donors (Lipinski definition) is 1. The van der Waals surface area contributed by atoms with Gasteiger partial charge in [-0.3, -0.25) is 5.43 Å². The van der Waals surface area contributed by atoms with Gasteiger partial charge in [-0.2, -0.15) is 5.10 Å². The average Bonchev–Trinajstić information content (AvgIpc) is 3.14. The molecule has 3 aromatic rings. The number of aryl methyl sites for hydroxylation is 1. The first kappa shape index (κ1) is 20.8. The summed E-state index contributed by atoms with van der Waals surface area (Å²) in [4.78, 5) is 11.6. The number of aromatic nitrogens is 2. The Hall–Kier alpha value is -2.47. The minimum absolute atomic E-state index is 0.344. The molecule has 0 bridgehead atoms. The molecule has 158 valence electrons. The first-order valence-corrected chi connectivity index (χ1v) is 11.6. The number of hydrogen-bond acceptors (Lipinski definition) is 6. The van der Waals surface area contributed by atoms with Crippen molar-refractivity contribution in [2.24, 2.45) is 16.4 Å². The molecule has 30 heavy (non-hydrogen) atoms. The van der Waals surface area contributed by atoms with Gasteiger partial charge in [0.1, 0.15) is 16.9 Å². The number of anilines is 1. The van der Waals surface area contributed by atoms with Crippen molar-refractivity contribution >= 4 is 33.6 Å². The molecule has 0 spiro atoms. The second-order valence-electron chi connectivity index (χ2n) is 8.53. The predicted octanol–water partition coefficient (Wildman–Crippen LogP) is 6.08. The third-order valence-corrected chi connectivity index (χ3v) is 7.65. The summed E-state index contributed by atoms with van der Waals surface area (Å²) in [5, 5.41) is 5.62. The van der Waals surface area contributed by atoms with Crippen molar-refractivity contribution in [3.63, 3.8) is 0 Å². The fraction of sp³-hybridized carbons (Fsp3) is 0.458. The highest BCUT2D eigenvalue weighted by molar-refractivity contribution is 7.19. The van der Waals surface area contributed by atoms with Crippen molar-refractivity contribution in [2.75, 3.05) is 12.0 Å². The average molecular weight is 423 g/mol. The Kier molecular flexibility index (Phi) is 6.04. The largest absolute Gasteiger partial charge is 0.493 e. The fourth-order valence-electron chi connectivity index (χ4n) is 4.19. The zero-order chi connectivity index (χ0) is 21.1. The van der Waals surface area contributed by atoms with Gasteiger partial charge in [-0.1, -0.05) is 39.3 Å². The number of rotatable bonds is 7. The second-order valence-corrected chi connectivity index (χ2v) is 9.61. The van der Waals surface area contributed by atoms with Gasteiger partial charge >= 0.3 is 0 Å². The van der Waals surface area contributed by atoms with Crippen LogP contribution in [0.4, 0.5) is 5.82 Å². The van der Waals surface area contributed by atoms with E-state index >= 15 is 0 Å². The van der Waals surface area contributed by atoms with E-state index in [0.29, 0.717) is 17.9 Å². The van der Waals surface area contributed by atoms with Gasteiger partial charge in [-0.15, -0.1) is 11.3 Å². The van der Waals surface area contributed by atoms with Crippen LogP contribution in [0.5, 0.6) is 5.75 Å². The molecule has 0 fully saturated rings. The van der Waals surface area contributed by atoms with Crippen LogP contribution in [0.3, 0.4) is 0 Å². The van der Waals surface area contributed by atoms with Crippen molar-refractivity contribution in [3.8, 4) is 5.75 Å². The van der Waals surface area contributed by atoms with Crippen LogP contribution in [0.2, 0.25) is 0 Å². The molecule has 2 heterocycles. The number of ether oxygens (including phenoxy) is 1. The molecule has 0 aliphatic heterocycles. The molecule has 1 N–H and O–H groups in total. The molecule has 6 heteroatoms. The molecule has 0 radical (unpaired) electrons. The SMILES string of the molecule is CCOc1ccccc1C=NNc1ncnc2sc3c(c12)CC(C(C)(C)CC)CC3. The zero-order valence-electron chi connectivity index (χ0n) is 18.2. The van der Waals surface area contributed by atoms with Gasteiger partial charge in [0.05, 0.1) is 18.2 Å². The molecule has 0 amide bonds. The third-order valence-electron chi connectivity index (χ3n) is 6.45. The van der Waals surface area contributed by atoms with Crippen LogP contribution in [0.25, 0.3) is 10.2 Å². The van der Waals surface area contributed by atoms with Crippen molar-refractivity contribution in [1.29, 1.82) is 0 Å². The van der Waals surface area contributed by atoms with E-state index in [0.717, 1.165) is 40.2 Å². The van der Waals surface area contributed by atoms with Gasteiger partial charge < -0.3 is 4.74 Å². The molecular weight excluding hydrogens is 392 g/mol. The maximum atomic E-state index is 5.68. The summed E-state index contributed by atoms with van der Waals surface area (Å²) in [5.41, 5.74) is 5.88. The lowest BCUT2D eigenvalue weighted by atomic mass is 9.69. The van der Waals surface area contributed by atoms with Crippen LogP contribution in [0.1, 0.15) is 56.5 Å². The summed E-state index contributed by atoms with van der Waals surface area (Å²) in [6, 6.07) is 7.90. The molecule has 1 aliphatic rings. The number of thiophene rings is 1. The van der Waals surface area contributed by atoms with Crippen LogP contribution < -0.4 is 10.2 Å². The Balaban J connectivity index is 1.63. The number of benzene rings is 1. The fourth-order valence-corrected chi connectivity index (χ4v) is 5.37. The summed E-state index contributed by atoms with van der Waals surface area (Å²) in [5.74, 6) is 2.30. The monoisotopic (exact) mass is 422 g/mol. The molecule has 0 saturated carbocycles. The van der Waals surface area contributed by atoms with Gasteiger partial charge in [0.25, 0.3) is 0 Å². The summed E-state index contributed by atoms with van der Waals surface area (Å²) in [6.45, 7) is 9.70.